The first-order valence-corrected chi connectivity index (χ1v) is 12.4. The molecule has 0 spiro atoms. The van der Waals surface area contributed by atoms with E-state index >= 15 is 0 Å². The number of aromatic nitrogens is 6. The Morgan fingerprint density at radius 1 is 1.00 bits per heavy atom. The lowest BCUT2D eigenvalue weighted by molar-refractivity contribution is 0.529. The zero-order chi connectivity index (χ0) is 22.8. The minimum absolute atomic E-state index is 0.495. The van der Waals surface area contributed by atoms with E-state index in [2.05, 4.69) is 68.9 Å². The molecule has 4 heterocycles. The number of nitrogens with zero attached hydrogens (tertiary/aromatic N) is 6. The number of thioether (sulfide) groups is 1. The molecular formula is C24H22N6OS2. The van der Waals surface area contributed by atoms with Crippen molar-refractivity contribution in [2.75, 3.05) is 0 Å². The number of hydrogen-bond acceptors (Lipinski definition) is 8. The van der Waals surface area contributed by atoms with Crippen LogP contribution in [-0.2, 0) is 12.2 Å². The largest absolute Gasteiger partial charge is 0.419 e. The molecule has 5 rings (SSSR count). The van der Waals surface area contributed by atoms with Gasteiger partial charge in [-0.1, -0.05) is 36.9 Å². The molecule has 4 aromatic heterocycles. The van der Waals surface area contributed by atoms with Crippen LogP contribution in [0.3, 0.4) is 0 Å². The summed E-state index contributed by atoms with van der Waals surface area (Å²) in [6.45, 7) is 6.35. The molecule has 0 aliphatic carbocycles. The molecule has 0 aliphatic heterocycles. The van der Waals surface area contributed by atoms with E-state index in [-0.39, 0.29) is 0 Å². The minimum Gasteiger partial charge on any atom is -0.419 e. The van der Waals surface area contributed by atoms with Gasteiger partial charge < -0.3 is 4.42 Å². The van der Waals surface area contributed by atoms with Crippen LogP contribution in [0.25, 0.3) is 27.8 Å². The Morgan fingerprint density at radius 2 is 1.88 bits per heavy atom. The Morgan fingerprint density at radius 3 is 2.64 bits per heavy atom. The zero-order valence-corrected chi connectivity index (χ0v) is 20.2. The van der Waals surface area contributed by atoms with Crippen LogP contribution in [0.15, 0.2) is 64.4 Å². The maximum absolute atomic E-state index is 5.96. The van der Waals surface area contributed by atoms with Gasteiger partial charge in [0.25, 0.3) is 5.89 Å². The molecule has 0 amide bonds. The third-order valence-corrected chi connectivity index (χ3v) is 7.54. The molecule has 0 N–H and O–H groups in total. The highest BCUT2D eigenvalue weighted by atomic mass is 32.2. The average Bonchev–Trinajstić information content (AvgIpc) is 3.56. The average molecular weight is 475 g/mol. The third-order valence-electron chi connectivity index (χ3n) is 5.25. The van der Waals surface area contributed by atoms with Gasteiger partial charge in [0.1, 0.15) is 0 Å². The summed E-state index contributed by atoms with van der Waals surface area (Å²) in [5.74, 6) is 2.36. The Balaban J connectivity index is 1.44. The van der Waals surface area contributed by atoms with Gasteiger partial charge >= 0.3 is 0 Å². The number of hydrogen-bond donors (Lipinski definition) is 0. The fourth-order valence-electron chi connectivity index (χ4n) is 3.59. The molecule has 0 fully saturated rings. The summed E-state index contributed by atoms with van der Waals surface area (Å²) in [7, 11) is 0. The van der Waals surface area contributed by atoms with Crippen molar-refractivity contribution in [3.63, 3.8) is 0 Å². The minimum atomic E-state index is 0.495. The first kappa shape index (κ1) is 21.5. The van der Waals surface area contributed by atoms with Crippen LogP contribution in [0, 0.1) is 13.8 Å². The molecule has 0 bridgehead atoms. The van der Waals surface area contributed by atoms with Crippen molar-refractivity contribution in [1.82, 2.24) is 29.9 Å². The molecule has 5 aromatic rings. The maximum Gasteiger partial charge on any atom is 0.257 e. The lowest BCUT2D eigenvalue weighted by Gasteiger charge is -2.12. The topological polar surface area (TPSA) is 82.5 Å². The Kier molecular flexibility index (Phi) is 6.06. The molecule has 0 atom stereocenters. The predicted molar refractivity (Wildman–Crippen MR) is 131 cm³/mol. The second-order valence-electron chi connectivity index (χ2n) is 7.53. The van der Waals surface area contributed by atoms with Gasteiger partial charge in [0.05, 0.1) is 16.3 Å². The molecule has 0 unspecified atom stereocenters. The molecule has 0 saturated heterocycles. The highest BCUT2D eigenvalue weighted by Crippen LogP contribution is 2.33. The van der Waals surface area contributed by atoms with Gasteiger partial charge in [0.15, 0.2) is 11.0 Å². The van der Waals surface area contributed by atoms with Crippen LogP contribution in [0.4, 0.5) is 0 Å². The summed E-state index contributed by atoms with van der Waals surface area (Å²) >= 11 is 3.22. The van der Waals surface area contributed by atoms with Gasteiger partial charge in [-0.05, 0) is 55.7 Å². The smallest absolute Gasteiger partial charge is 0.257 e. The van der Waals surface area contributed by atoms with Crippen molar-refractivity contribution in [3.8, 4) is 27.8 Å². The number of rotatable bonds is 7. The van der Waals surface area contributed by atoms with Crippen molar-refractivity contribution < 1.29 is 4.42 Å². The second-order valence-corrected chi connectivity index (χ2v) is 9.61. The summed E-state index contributed by atoms with van der Waals surface area (Å²) in [5.41, 5.74) is 4.32. The fraction of sp³-hybridized carbons (Fsp3) is 0.208. The van der Waals surface area contributed by atoms with E-state index in [9.17, 15) is 0 Å². The van der Waals surface area contributed by atoms with Crippen molar-refractivity contribution >= 4 is 23.1 Å². The van der Waals surface area contributed by atoms with Gasteiger partial charge in [-0.3, -0.25) is 9.55 Å². The lowest BCUT2D eigenvalue weighted by Crippen LogP contribution is -2.02. The standard InChI is InChI=1S/C24H22N6OS2/c1-4-19-16(3)12-20(33-19)23-28-26-21(31-23)14-32-24-29-27-22(17-9-7-11-25-13-17)30(24)18-10-6-5-8-15(18)2/h5-13H,4,14H2,1-3H3. The summed E-state index contributed by atoms with van der Waals surface area (Å²) in [4.78, 5) is 6.60. The van der Waals surface area contributed by atoms with E-state index in [4.69, 9.17) is 4.42 Å². The van der Waals surface area contributed by atoms with Crippen LogP contribution < -0.4 is 0 Å². The van der Waals surface area contributed by atoms with E-state index in [0.717, 1.165) is 39.1 Å². The summed E-state index contributed by atoms with van der Waals surface area (Å²) in [6.07, 6.45) is 4.55. The van der Waals surface area contributed by atoms with E-state index in [1.54, 1.807) is 23.7 Å². The van der Waals surface area contributed by atoms with Crippen LogP contribution in [0.2, 0.25) is 0 Å². The van der Waals surface area contributed by atoms with Crippen LogP contribution in [0.5, 0.6) is 0 Å². The third kappa shape index (κ3) is 4.34. The molecule has 7 nitrogen and oxygen atoms in total. The molecule has 0 saturated carbocycles. The van der Waals surface area contributed by atoms with E-state index in [1.807, 2.05) is 24.3 Å². The van der Waals surface area contributed by atoms with Crippen LogP contribution in [0.1, 0.15) is 28.8 Å². The molecule has 166 valence electrons. The van der Waals surface area contributed by atoms with Gasteiger partial charge in [-0.2, -0.15) is 0 Å². The number of para-hydroxylation sites is 1. The number of pyridine rings is 1. The monoisotopic (exact) mass is 474 g/mol. The van der Waals surface area contributed by atoms with Gasteiger partial charge in [0.2, 0.25) is 5.89 Å². The normalized spacial score (nSPS) is 11.2. The Bertz CT molecular complexity index is 1390. The summed E-state index contributed by atoms with van der Waals surface area (Å²) in [5, 5.41) is 18.2. The molecule has 1 aromatic carbocycles. The van der Waals surface area contributed by atoms with Crippen molar-refractivity contribution in [1.29, 1.82) is 0 Å². The molecule has 0 aliphatic rings. The Hall–Kier alpha value is -3.30. The second kappa shape index (κ2) is 9.29. The van der Waals surface area contributed by atoms with Crippen LogP contribution in [-0.4, -0.2) is 29.9 Å². The summed E-state index contributed by atoms with van der Waals surface area (Å²) in [6, 6.07) is 14.2. The summed E-state index contributed by atoms with van der Waals surface area (Å²) < 4.78 is 8.02. The number of aryl methyl sites for hydroxylation is 3. The van der Waals surface area contributed by atoms with Crippen molar-refractivity contribution in [2.45, 2.75) is 38.1 Å². The maximum atomic E-state index is 5.96. The zero-order valence-electron chi connectivity index (χ0n) is 18.5. The highest BCUT2D eigenvalue weighted by molar-refractivity contribution is 7.98. The molecule has 9 heteroatoms. The van der Waals surface area contributed by atoms with E-state index in [1.165, 1.54) is 22.2 Å². The van der Waals surface area contributed by atoms with Crippen LogP contribution >= 0.6 is 23.1 Å². The molecular weight excluding hydrogens is 452 g/mol. The lowest BCUT2D eigenvalue weighted by atomic mass is 10.2. The van der Waals surface area contributed by atoms with Gasteiger partial charge in [-0.15, -0.1) is 31.7 Å². The van der Waals surface area contributed by atoms with Crippen molar-refractivity contribution in [3.05, 3.63) is 76.8 Å². The molecule has 0 radical (unpaired) electrons. The van der Waals surface area contributed by atoms with Crippen molar-refractivity contribution in [2.24, 2.45) is 0 Å². The Labute approximate surface area is 199 Å². The fourth-order valence-corrected chi connectivity index (χ4v) is 5.41. The SMILES string of the molecule is CCc1sc(-c2nnc(CSc3nnc(-c4cccnc4)n3-c3ccccc3C)o2)cc1C. The van der Waals surface area contributed by atoms with E-state index in [0.29, 0.717) is 17.5 Å². The number of benzene rings is 1. The number of thiophene rings is 1. The predicted octanol–water partition coefficient (Wildman–Crippen LogP) is 5.91. The quantitative estimate of drug-likeness (QED) is 0.271. The van der Waals surface area contributed by atoms with Gasteiger partial charge in [-0.25, -0.2) is 0 Å². The highest BCUT2D eigenvalue weighted by Gasteiger charge is 2.19. The van der Waals surface area contributed by atoms with E-state index < -0.39 is 0 Å². The first-order chi connectivity index (χ1) is 16.1. The molecule has 33 heavy (non-hydrogen) atoms. The van der Waals surface area contributed by atoms with Gasteiger partial charge in [0, 0.05) is 22.8 Å². The first-order valence-electron chi connectivity index (χ1n) is 10.6.